The number of carbonyl (C=O) groups excluding carboxylic acids is 1. The van der Waals surface area contributed by atoms with E-state index in [4.69, 9.17) is 11.6 Å². The minimum atomic E-state index is -4.14. The molecule has 0 bridgehead atoms. The highest BCUT2D eigenvalue weighted by molar-refractivity contribution is 6.31. The van der Waals surface area contributed by atoms with Crippen LogP contribution in [0.25, 0.3) is 0 Å². The van der Waals surface area contributed by atoms with Gasteiger partial charge in [-0.05, 0) is 31.0 Å². The lowest BCUT2D eigenvalue weighted by Crippen LogP contribution is -2.25. The molecule has 1 aromatic rings. The van der Waals surface area contributed by atoms with Crippen LogP contribution in [0.5, 0.6) is 0 Å². The third kappa shape index (κ3) is 5.69. The Kier molecular flexibility index (Phi) is 6.13. The van der Waals surface area contributed by atoms with Gasteiger partial charge in [0.1, 0.15) is 0 Å². The van der Waals surface area contributed by atoms with E-state index in [0.717, 1.165) is 0 Å². The normalized spacial score (nSPS) is 11.2. The summed E-state index contributed by atoms with van der Waals surface area (Å²) in [5.41, 5.74) is 0.984. The van der Waals surface area contributed by atoms with E-state index in [9.17, 15) is 18.0 Å². The van der Waals surface area contributed by atoms with Crippen molar-refractivity contribution < 1.29 is 18.0 Å². The van der Waals surface area contributed by atoms with Gasteiger partial charge in [-0.2, -0.15) is 13.2 Å². The highest BCUT2D eigenvalue weighted by Gasteiger charge is 2.25. The first kappa shape index (κ1) is 16.6. The lowest BCUT2D eigenvalue weighted by molar-refractivity contribution is -0.135. The third-order valence-electron chi connectivity index (χ3n) is 2.67. The van der Waals surface area contributed by atoms with Crippen LogP contribution in [0.3, 0.4) is 0 Å². The summed E-state index contributed by atoms with van der Waals surface area (Å²) in [4.78, 5) is 11.9. The number of benzene rings is 1. The molecule has 0 aliphatic carbocycles. The minimum absolute atomic E-state index is 0.00178. The quantitative estimate of drug-likeness (QED) is 0.784. The molecule has 3 nitrogen and oxygen atoms in total. The van der Waals surface area contributed by atoms with Crippen LogP contribution < -0.4 is 10.6 Å². The van der Waals surface area contributed by atoms with Gasteiger partial charge in [-0.1, -0.05) is 11.6 Å². The maximum absolute atomic E-state index is 11.9. The summed E-state index contributed by atoms with van der Waals surface area (Å²) < 4.78 is 35.8. The van der Waals surface area contributed by atoms with Gasteiger partial charge >= 0.3 is 6.18 Å². The molecule has 0 saturated heterocycles. The predicted octanol–water partition coefficient (Wildman–Crippen LogP) is 3.84. The van der Waals surface area contributed by atoms with Crippen molar-refractivity contribution >= 4 is 23.2 Å². The highest BCUT2D eigenvalue weighted by atomic mass is 35.5. The zero-order chi connectivity index (χ0) is 15.2. The minimum Gasteiger partial charge on any atom is -0.387 e. The number of carbonyl (C=O) groups is 1. The fourth-order valence-electron chi connectivity index (χ4n) is 1.67. The molecule has 0 atom stereocenters. The maximum atomic E-state index is 11.9. The number of anilines is 1. The second-order valence-corrected chi connectivity index (χ2v) is 4.70. The standard InChI is InChI=1S/C13H16ClF3N2O/c1-18-11-5-4-9(14)8-10(11)12(20)19-7-3-2-6-13(15,16)17/h4-5,8,18H,2-3,6-7H2,1H3,(H,19,20). The largest absolute Gasteiger partial charge is 0.389 e. The Morgan fingerprint density at radius 3 is 2.60 bits per heavy atom. The number of hydrogen-bond acceptors (Lipinski definition) is 2. The molecule has 0 aliphatic heterocycles. The summed E-state index contributed by atoms with van der Waals surface area (Å²) in [6.07, 6.45) is -4.70. The Bertz CT molecular complexity index is 463. The SMILES string of the molecule is CNc1ccc(Cl)cc1C(=O)NCCCCC(F)(F)F. The number of hydrogen-bond donors (Lipinski definition) is 2. The summed E-state index contributed by atoms with van der Waals surface area (Å²) in [7, 11) is 1.67. The molecule has 0 heterocycles. The Labute approximate surface area is 120 Å². The molecule has 7 heteroatoms. The van der Waals surface area contributed by atoms with Crippen molar-refractivity contribution in [2.75, 3.05) is 18.9 Å². The van der Waals surface area contributed by atoms with Gasteiger partial charge in [-0.3, -0.25) is 4.79 Å². The van der Waals surface area contributed by atoms with E-state index < -0.39 is 12.6 Å². The third-order valence-corrected chi connectivity index (χ3v) is 2.90. The molecule has 0 spiro atoms. The predicted molar refractivity (Wildman–Crippen MR) is 73.2 cm³/mol. The van der Waals surface area contributed by atoms with Gasteiger partial charge in [0.05, 0.1) is 5.56 Å². The Balaban J connectivity index is 2.45. The molecule has 0 aromatic heterocycles. The van der Waals surface area contributed by atoms with Crippen molar-refractivity contribution in [2.45, 2.75) is 25.4 Å². The number of amides is 1. The van der Waals surface area contributed by atoms with Crippen molar-refractivity contribution in [2.24, 2.45) is 0 Å². The van der Waals surface area contributed by atoms with Gasteiger partial charge in [-0.15, -0.1) is 0 Å². The molecule has 2 N–H and O–H groups in total. The summed E-state index contributed by atoms with van der Waals surface area (Å²) in [6, 6.07) is 4.83. The van der Waals surface area contributed by atoms with Gasteiger partial charge < -0.3 is 10.6 Å². The van der Waals surface area contributed by atoms with Crippen LogP contribution in [0.1, 0.15) is 29.6 Å². The van der Waals surface area contributed by atoms with E-state index in [1.807, 2.05) is 0 Å². The van der Waals surface area contributed by atoms with Crippen molar-refractivity contribution in [3.8, 4) is 0 Å². The zero-order valence-corrected chi connectivity index (χ0v) is 11.7. The van der Waals surface area contributed by atoms with Crippen LogP contribution in [-0.4, -0.2) is 25.7 Å². The van der Waals surface area contributed by atoms with Crippen molar-refractivity contribution in [1.82, 2.24) is 5.32 Å². The van der Waals surface area contributed by atoms with E-state index in [1.165, 1.54) is 6.07 Å². The number of halogens is 4. The van der Waals surface area contributed by atoms with Gasteiger partial charge in [0, 0.05) is 30.7 Å². The van der Waals surface area contributed by atoms with Crippen LogP contribution in [0.2, 0.25) is 5.02 Å². The molecule has 20 heavy (non-hydrogen) atoms. The van der Waals surface area contributed by atoms with Gasteiger partial charge in [0.25, 0.3) is 5.91 Å². The van der Waals surface area contributed by atoms with Crippen molar-refractivity contribution in [3.05, 3.63) is 28.8 Å². The molecule has 0 radical (unpaired) electrons. The molecule has 0 fully saturated rings. The van der Waals surface area contributed by atoms with Crippen molar-refractivity contribution in [3.63, 3.8) is 0 Å². The molecular weight excluding hydrogens is 293 g/mol. The number of alkyl halides is 3. The molecular formula is C13H16ClF3N2O. The van der Waals surface area contributed by atoms with Crippen LogP contribution in [0.15, 0.2) is 18.2 Å². The second kappa shape index (κ2) is 7.38. The zero-order valence-electron chi connectivity index (χ0n) is 11.0. The Hall–Kier alpha value is -1.43. The Morgan fingerprint density at radius 1 is 1.30 bits per heavy atom. The topological polar surface area (TPSA) is 41.1 Å². The highest BCUT2D eigenvalue weighted by Crippen LogP contribution is 2.22. The lowest BCUT2D eigenvalue weighted by atomic mass is 10.1. The summed E-state index contributed by atoms with van der Waals surface area (Å²) in [5, 5.41) is 5.86. The number of rotatable bonds is 6. The average Bonchev–Trinajstić information content (AvgIpc) is 2.36. The molecule has 1 aromatic carbocycles. The van der Waals surface area contributed by atoms with Gasteiger partial charge in [-0.25, -0.2) is 0 Å². The van der Waals surface area contributed by atoms with Gasteiger partial charge in [0.15, 0.2) is 0 Å². The van der Waals surface area contributed by atoms with Crippen LogP contribution in [0, 0.1) is 0 Å². The monoisotopic (exact) mass is 308 g/mol. The fraction of sp³-hybridized carbons (Fsp3) is 0.462. The first-order valence-corrected chi connectivity index (χ1v) is 6.53. The fourth-order valence-corrected chi connectivity index (χ4v) is 1.84. The van der Waals surface area contributed by atoms with Crippen LogP contribution in [0.4, 0.5) is 18.9 Å². The average molecular weight is 309 g/mol. The molecule has 1 rings (SSSR count). The van der Waals surface area contributed by atoms with Crippen LogP contribution >= 0.6 is 11.6 Å². The van der Waals surface area contributed by atoms with E-state index in [0.29, 0.717) is 16.3 Å². The first-order chi connectivity index (χ1) is 9.33. The first-order valence-electron chi connectivity index (χ1n) is 6.16. The summed E-state index contributed by atoms with van der Waals surface area (Å²) in [6.45, 7) is 0.199. The van der Waals surface area contributed by atoms with E-state index >= 15 is 0 Å². The second-order valence-electron chi connectivity index (χ2n) is 4.27. The van der Waals surface area contributed by atoms with Gasteiger partial charge in [0.2, 0.25) is 0 Å². The number of unbranched alkanes of at least 4 members (excludes halogenated alkanes) is 1. The molecule has 112 valence electrons. The molecule has 0 aliphatic rings. The van der Waals surface area contributed by atoms with Crippen molar-refractivity contribution in [1.29, 1.82) is 0 Å². The van der Waals surface area contributed by atoms with E-state index in [2.05, 4.69) is 10.6 Å². The molecule has 0 saturated carbocycles. The van der Waals surface area contributed by atoms with E-state index in [-0.39, 0.29) is 25.3 Å². The Morgan fingerprint density at radius 2 is 2.00 bits per heavy atom. The summed E-state index contributed by atoms with van der Waals surface area (Å²) >= 11 is 5.82. The van der Waals surface area contributed by atoms with Crippen LogP contribution in [-0.2, 0) is 0 Å². The lowest BCUT2D eigenvalue weighted by Gasteiger charge is -2.10. The maximum Gasteiger partial charge on any atom is 0.389 e. The molecule has 0 unspecified atom stereocenters. The number of nitrogens with one attached hydrogen (secondary N) is 2. The molecule has 1 amide bonds. The van der Waals surface area contributed by atoms with E-state index in [1.54, 1.807) is 19.2 Å². The smallest absolute Gasteiger partial charge is 0.387 e. The summed E-state index contributed by atoms with van der Waals surface area (Å²) in [5.74, 6) is -0.358.